The van der Waals surface area contributed by atoms with Gasteiger partial charge in [0, 0.05) is 19.1 Å². The molecular formula is C9H6BrIN2. The highest BCUT2D eigenvalue weighted by Crippen LogP contribution is 2.24. The summed E-state index contributed by atoms with van der Waals surface area (Å²) < 4.78 is 2.22. The van der Waals surface area contributed by atoms with Crippen LogP contribution in [0.3, 0.4) is 0 Å². The summed E-state index contributed by atoms with van der Waals surface area (Å²) in [5.74, 6) is 0. The van der Waals surface area contributed by atoms with Crippen molar-refractivity contribution in [3.63, 3.8) is 0 Å². The molecule has 2 nitrogen and oxygen atoms in total. The minimum Gasteiger partial charge on any atom is -0.241 e. The minimum absolute atomic E-state index is 1.02. The van der Waals surface area contributed by atoms with Gasteiger partial charge in [-0.1, -0.05) is 15.9 Å². The van der Waals surface area contributed by atoms with Crippen LogP contribution in [0.5, 0.6) is 0 Å². The summed E-state index contributed by atoms with van der Waals surface area (Å²) in [6.07, 6.45) is 1.60. The van der Waals surface area contributed by atoms with Gasteiger partial charge >= 0.3 is 0 Å². The predicted octanol–water partition coefficient (Wildman–Crippen LogP) is 3.31. The molecule has 2 aromatic rings. The number of aromatic nitrogens is 2. The molecule has 1 heterocycles. The maximum absolute atomic E-state index is 4.24. The summed E-state index contributed by atoms with van der Waals surface area (Å²) in [6.45, 7) is 1.99. The maximum atomic E-state index is 4.24. The molecule has 4 heteroatoms. The molecule has 0 N–H and O–H groups in total. The second-order valence-corrected chi connectivity index (χ2v) is 4.82. The Labute approximate surface area is 98.0 Å². The van der Waals surface area contributed by atoms with Gasteiger partial charge in [-0.25, -0.2) is 9.97 Å². The Morgan fingerprint density at radius 2 is 2.08 bits per heavy atom. The van der Waals surface area contributed by atoms with E-state index in [4.69, 9.17) is 0 Å². The number of aryl methyl sites for hydroxylation is 1. The average molecular weight is 349 g/mol. The Bertz CT molecular complexity index is 470. The highest BCUT2D eigenvalue weighted by molar-refractivity contribution is 14.1. The molecule has 0 amide bonds. The number of benzene rings is 1. The number of halogens is 2. The third kappa shape index (κ3) is 1.69. The lowest BCUT2D eigenvalue weighted by Gasteiger charge is -2.02. The summed E-state index contributed by atoms with van der Waals surface area (Å²) in [7, 11) is 0. The third-order valence-corrected chi connectivity index (χ3v) is 3.14. The molecular weight excluding hydrogens is 343 g/mol. The van der Waals surface area contributed by atoms with Crippen LogP contribution in [0.25, 0.3) is 10.9 Å². The Hall–Kier alpha value is -0.230. The molecule has 0 spiro atoms. The van der Waals surface area contributed by atoms with Crippen molar-refractivity contribution in [1.82, 2.24) is 9.97 Å². The molecule has 66 valence electrons. The maximum Gasteiger partial charge on any atom is 0.116 e. The monoisotopic (exact) mass is 348 g/mol. The lowest BCUT2D eigenvalue weighted by atomic mass is 10.2. The van der Waals surface area contributed by atoms with E-state index >= 15 is 0 Å². The van der Waals surface area contributed by atoms with Crippen molar-refractivity contribution in [3.8, 4) is 0 Å². The zero-order valence-corrected chi connectivity index (χ0v) is 10.6. The van der Waals surface area contributed by atoms with E-state index in [9.17, 15) is 0 Å². The predicted molar refractivity (Wildman–Crippen MR) is 64.7 cm³/mol. The third-order valence-electron chi connectivity index (χ3n) is 1.86. The van der Waals surface area contributed by atoms with Crippen LogP contribution in [0.4, 0.5) is 0 Å². The Morgan fingerprint density at radius 1 is 1.31 bits per heavy atom. The van der Waals surface area contributed by atoms with E-state index in [-0.39, 0.29) is 0 Å². The smallest absolute Gasteiger partial charge is 0.116 e. The number of nitrogens with zero attached hydrogens (tertiary/aromatic N) is 2. The van der Waals surface area contributed by atoms with Gasteiger partial charge in [0.2, 0.25) is 0 Å². The van der Waals surface area contributed by atoms with Gasteiger partial charge in [0.05, 0.1) is 5.52 Å². The van der Waals surface area contributed by atoms with E-state index in [0.717, 1.165) is 24.6 Å². The highest BCUT2D eigenvalue weighted by atomic mass is 127. The normalized spacial score (nSPS) is 10.7. The highest BCUT2D eigenvalue weighted by Gasteiger charge is 2.04. The molecule has 0 unspecified atom stereocenters. The van der Waals surface area contributed by atoms with Crippen molar-refractivity contribution in [2.45, 2.75) is 6.92 Å². The van der Waals surface area contributed by atoms with E-state index in [1.165, 1.54) is 0 Å². The quantitative estimate of drug-likeness (QED) is 0.683. The molecule has 1 aromatic heterocycles. The first-order chi connectivity index (χ1) is 6.18. The van der Waals surface area contributed by atoms with E-state index in [0.29, 0.717) is 0 Å². The van der Waals surface area contributed by atoms with Gasteiger partial charge in [-0.3, -0.25) is 0 Å². The molecule has 13 heavy (non-hydrogen) atoms. The van der Waals surface area contributed by atoms with E-state index in [1.54, 1.807) is 6.33 Å². The first kappa shape index (κ1) is 9.33. The second-order valence-electron chi connectivity index (χ2n) is 2.74. The van der Waals surface area contributed by atoms with Crippen LogP contribution < -0.4 is 0 Å². The lowest BCUT2D eigenvalue weighted by Crippen LogP contribution is -1.89. The number of hydrogen-bond donors (Lipinski definition) is 0. The molecule has 0 atom stereocenters. The first-order valence-corrected chi connectivity index (χ1v) is 5.62. The second kappa shape index (κ2) is 3.49. The summed E-state index contributed by atoms with van der Waals surface area (Å²) >= 11 is 5.74. The van der Waals surface area contributed by atoms with Crippen molar-refractivity contribution in [1.29, 1.82) is 0 Å². The number of fused-ring (bicyclic) bond motifs is 1. The standard InChI is InChI=1S/C9H6BrIN2/c1-5-7-2-6(10)3-8(11)9(7)13-4-12-5/h2-4H,1H3. The average Bonchev–Trinajstić information content (AvgIpc) is 2.07. The van der Waals surface area contributed by atoms with Gasteiger partial charge in [0.25, 0.3) is 0 Å². The van der Waals surface area contributed by atoms with Crippen LogP contribution in [0.15, 0.2) is 22.9 Å². The van der Waals surface area contributed by atoms with Gasteiger partial charge in [0.15, 0.2) is 0 Å². The van der Waals surface area contributed by atoms with Crippen LogP contribution in [0.1, 0.15) is 5.69 Å². The van der Waals surface area contributed by atoms with Gasteiger partial charge in [-0.15, -0.1) is 0 Å². The zero-order chi connectivity index (χ0) is 9.42. The summed E-state index contributed by atoms with van der Waals surface area (Å²) in [5, 5.41) is 1.11. The number of hydrogen-bond acceptors (Lipinski definition) is 2. The van der Waals surface area contributed by atoms with Gasteiger partial charge < -0.3 is 0 Å². The first-order valence-electron chi connectivity index (χ1n) is 3.75. The van der Waals surface area contributed by atoms with Crippen LogP contribution in [0, 0.1) is 10.5 Å². The molecule has 0 aliphatic rings. The van der Waals surface area contributed by atoms with E-state index in [1.807, 2.05) is 13.0 Å². The molecule has 0 saturated carbocycles. The zero-order valence-electron chi connectivity index (χ0n) is 6.88. The van der Waals surface area contributed by atoms with Crippen LogP contribution >= 0.6 is 38.5 Å². The SMILES string of the molecule is Cc1ncnc2c(I)cc(Br)cc12. The van der Waals surface area contributed by atoms with E-state index < -0.39 is 0 Å². The fourth-order valence-electron chi connectivity index (χ4n) is 1.22. The summed E-state index contributed by atoms with van der Waals surface area (Å²) in [6, 6.07) is 4.10. The summed E-state index contributed by atoms with van der Waals surface area (Å²) in [5.41, 5.74) is 2.04. The molecule has 0 aliphatic carbocycles. The number of rotatable bonds is 0. The molecule has 0 fully saturated rings. The summed E-state index contributed by atoms with van der Waals surface area (Å²) in [4.78, 5) is 8.40. The molecule has 2 rings (SSSR count). The minimum atomic E-state index is 1.02. The molecule has 1 aromatic carbocycles. The topological polar surface area (TPSA) is 25.8 Å². The van der Waals surface area contributed by atoms with Crippen molar-refractivity contribution in [2.24, 2.45) is 0 Å². The van der Waals surface area contributed by atoms with Gasteiger partial charge in [0.1, 0.15) is 6.33 Å². The van der Waals surface area contributed by atoms with Crippen molar-refractivity contribution in [2.75, 3.05) is 0 Å². The molecule has 0 saturated heterocycles. The van der Waals surface area contributed by atoms with Gasteiger partial charge in [-0.2, -0.15) is 0 Å². The van der Waals surface area contributed by atoms with Crippen molar-refractivity contribution < 1.29 is 0 Å². The van der Waals surface area contributed by atoms with E-state index in [2.05, 4.69) is 54.6 Å². The fourth-order valence-corrected chi connectivity index (χ4v) is 2.87. The fraction of sp³-hybridized carbons (Fsp3) is 0.111. The lowest BCUT2D eigenvalue weighted by molar-refractivity contribution is 1.15. The van der Waals surface area contributed by atoms with Crippen LogP contribution in [-0.2, 0) is 0 Å². The largest absolute Gasteiger partial charge is 0.241 e. The van der Waals surface area contributed by atoms with Crippen molar-refractivity contribution in [3.05, 3.63) is 32.2 Å². The molecule has 0 radical (unpaired) electrons. The Morgan fingerprint density at radius 3 is 2.85 bits per heavy atom. The van der Waals surface area contributed by atoms with Gasteiger partial charge in [-0.05, 0) is 41.6 Å². The Kier molecular flexibility index (Phi) is 2.51. The molecule has 0 bridgehead atoms. The van der Waals surface area contributed by atoms with Crippen LogP contribution in [0.2, 0.25) is 0 Å². The molecule has 0 aliphatic heterocycles. The van der Waals surface area contributed by atoms with Crippen molar-refractivity contribution >= 4 is 49.4 Å². The Balaban J connectivity index is 2.94. The van der Waals surface area contributed by atoms with Crippen LogP contribution in [-0.4, -0.2) is 9.97 Å².